The Morgan fingerprint density at radius 3 is 2.75 bits per heavy atom. The summed E-state index contributed by atoms with van der Waals surface area (Å²) in [6.07, 6.45) is 3.70. The predicted molar refractivity (Wildman–Crippen MR) is 119 cm³/mol. The Hall–Kier alpha value is -3.41. The number of benzene rings is 2. The molecule has 0 spiro atoms. The summed E-state index contributed by atoms with van der Waals surface area (Å²) in [5.41, 5.74) is 5.53. The van der Waals surface area contributed by atoms with Gasteiger partial charge in [-0.15, -0.1) is 0 Å². The Bertz CT molecular complexity index is 1140. The number of fused-ring (bicyclic) bond motifs is 2. The summed E-state index contributed by atoms with van der Waals surface area (Å²) in [4.78, 5) is 39.4. The number of rotatable bonds is 6. The van der Waals surface area contributed by atoms with Gasteiger partial charge in [-0.25, -0.2) is 0 Å². The van der Waals surface area contributed by atoms with Crippen LogP contribution in [0, 0.1) is 0 Å². The highest BCUT2D eigenvalue weighted by Crippen LogP contribution is 2.30. The average molecular weight is 431 g/mol. The minimum Gasteiger partial charge on any atom is -0.493 e. The topological polar surface area (TPSA) is 75.7 Å². The van der Waals surface area contributed by atoms with Crippen molar-refractivity contribution >= 4 is 17.6 Å². The van der Waals surface area contributed by atoms with E-state index >= 15 is 0 Å². The molecule has 32 heavy (non-hydrogen) atoms. The summed E-state index contributed by atoms with van der Waals surface area (Å²) in [7, 11) is 0. The quantitative estimate of drug-likeness (QED) is 0.764. The van der Waals surface area contributed by atoms with E-state index in [4.69, 9.17) is 4.74 Å². The Balaban J connectivity index is 1.20. The van der Waals surface area contributed by atoms with Crippen molar-refractivity contribution in [1.82, 2.24) is 10.2 Å². The number of nitrogens with zero attached hydrogens (tertiary/aromatic N) is 1. The zero-order chi connectivity index (χ0) is 22.2. The summed E-state index contributed by atoms with van der Waals surface area (Å²) in [5, 5.41) is 2.76. The van der Waals surface area contributed by atoms with Crippen LogP contribution >= 0.6 is 0 Å². The molecule has 0 saturated carbocycles. The van der Waals surface area contributed by atoms with Crippen LogP contribution in [-0.2, 0) is 35.4 Å². The molecule has 5 rings (SSSR count). The molecule has 3 aliphatic heterocycles. The number of carbonyl (C=O) groups excluding carboxylic acids is 3. The Morgan fingerprint density at radius 2 is 1.91 bits per heavy atom. The van der Waals surface area contributed by atoms with Crippen molar-refractivity contribution in [2.45, 2.75) is 51.1 Å². The van der Waals surface area contributed by atoms with E-state index in [0.29, 0.717) is 56.5 Å². The van der Waals surface area contributed by atoms with Gasteiger partial charge in [0.25, 0.3) is 5.91 Å². The molecule has 2 amide bonds. The van der Waals surface area contributed by atoms with Crippen molar-refractivity contribution in [2.24, 2.45) is 0 Å². The predicted octanol–water partition coefficient (Wildman–Crippen LogP) is 3.11. The third kappa shape index (κ3) is 3.93. The van der Waals surface area contributed by atoms with Crippen molar-refractivity contribution in [3.8, 4) is 5.75 Å². The fourth-order valence-electron chi connectivity index (χ4n) is 4.81. The summed E-state index contributed by atoms with van der Waals surface area (Å²) >= 11 is 0. The highest BCUT2D eigenvalue weighted by atomic mass is 16.5. The third-order valence-corrected chi connectivity index (χ3v) is 6.55. The first-order valence-electron chi connectivity index (χ1n) is 11.2. The van der Waals surface area contributed by atoms with Gasteiger partial charge in [0.05, 0.1) is 6.61 Å². The molecule has 164 valence electrons. The number of hydrogen-bond donors (Lipinski definition) is 1. The number of Topliss-reactive ketones (excluding diaryl/α,β-unsaturated/α-hetero) is 1. The molecule has 1 unspecified atom stereocenters. The van der Waals surface area contributed by atoms with Gasteiger partial charge < -0.3 is 15.0 Å². The van der Waals surface area contributed by atoms with Gasteiger partial charge in [-0.05, 0) is 53.6 Å². The summed E-state index contributed by atoms with van der Waals surface area (Å²) in [5.74, 6) is 0.863. The number of hydrogen-bond acceptors (Lipinski definition) is 4. The molecule has 1 fully saturated rings. The van der Waals surface area contributed by atoms with Gasteiger partial charge in [-0.2, -0.15) is 0 Å². The molecule has 6 heteroatoms. The number of carbonyl (C=O) groups is 3. The Morgan fingerprint density at radius 1 is 1.09 bits per heavy atom. The first-order valence-corrected chi connectivity index (χ1v) is 11.2. The zero-order valence-electron chi connectivity index (χ0n) is 18.0. The lowest BCUT2D eigenvalue weighted by atomic mass is 9.99. The zero-order valence-corrected chi connectivity index (χ0v) is 18.0. The van der Waals surface area contributed by atoms with E-state index in [1.807, 2.05) is 30.3 Å². The van der Waals surface area contributed by atoms with E-state index in [9.17, 15) is 14.4 Å². The van der Waals surface area contributed by atoms with E-state index < -0.39 is 6.04 Å². The van der Waals surface area contributed by atoms with E-state index in [0.717, 1.165) is 28.9 Å². The van der Waals surface area contributed by atoms with Crippen molar-refractivity contribution in [1.29, 1.82) is 0 Å². The largest absolute Gasteiger partial charge is 0.493 e. The maximum absolute atomic E-state index is 12.8. The summed E-state index contributed by atoms with van der Waals surface area (Å²) in [6, 6.07) is 11.3. The Kier molecular flexibility index (Phi) is 5.29. The van der Waals surface area contributed by atoms with Crippen LogP contribution in [0.1, 0.15) is 51.9 Å². The standard InChI is InChI=1S/C26H26N2O4/c1-16-2-8-23(25(30)27-16)28-15-20-12-17(4-7-22(20)26(28)31)3-6-21(29)14-18-5-9-24-19(13-18)10-11-32-24/h4-5,7,9,12-13,23H,1-3,6,8,10-11,14-15H2,(H,27,30). The van der Waals surface area contributed by atoms with Crippen LogP contribution in [0.15, 0.2) is 48.7 Å². The van der Waals surface area contributed by atoms with Gasteiger partial charge in [0.2, 0.25) is 5.91 Å². The smallest absolute Gasteiger partial charge is 0.255 e. The van der Waals surface area contributed by atoms with Crippen molar-refractivity contribution in [3.05, 3.63) is 76.5 Å². The fraction of sp³-hybridized carbons (Fsp3) is 0.346. The number of amides is 2. The monoisotopic (exact) mass is 430 g/mol. The molecular formula is C26H26N2O4. The summed E-state index contributed by atoms with van der Waals surface area (Å²) in [6.45, 7) is 4.95. The second-order valence-electron chi connectivity index (χ2n) is 8.83. The van der Waals surface area contributed by atoms with Crippen LogP contribution in [-0.4, -0.2) is 35.1 Å². The molecule has 3 aliphatic rings. The number of nitrogens with one attached hydrogen (secondary N) is 1. The van der Waals surface area contributed by atoms with Crippen LogP contribution < -0.4 is 10.1 Å². The maximum Gasteiger partial charge on any atom is 0.255 e. The molecule has 3 heterocycles. The summed E-state index contributed by atoms with van der Waals surface area (Å²) < 4.78 is 5.53. The number of ketones is 1. The molecule has 2 aromatic rings. The van der Waals surface area contributed by atoms with Crippen molar-refractivity contribution < 1.29 is 19.1 Å². The van der Waals surface area contributed by atoms with Gasteiger partial charge in [0.1, 0.15) is 17.6 Å². The van der Waals surface area contributed by atoms with E-state index in [1.54, 1.807) is 4.90 Å². The van der Waals surface area contributed by atoms with Crippen LogP contribution in [0.5, 0.6) is 5.75 Å². The lowest BCUT2D eigenvalue weighted by Crippen LogP contribution is -2.49. The van der Waals surface area contributed by atoms with Gasteiger partial charge in [0, 0.05) is 37.1 Å². The maximum atomic E-state index is 12.8. The fourth-order valence-corrected chi connectivity index (χ4v) is 4.81. The molecule has 2 aromatic carbocycles. The van der Waals surface area contributed by atoms with Crippen LogP contribution in [0.4, 0.5) is 0 Å². The molecule has 6 nitrogen and oxygen atoms in total. The molecule has 0 radical (unpaired) electrons. The van der Waals surface area contributed by atoms with Crippen molar-refractivity contribution in [3.63, 3.8) is 0 Å². The molecule has 1 atom stereocenters. The molecule has 1 N–H and O–H groups in total. The highest BCUT2D eigenvalue weighted by Gasteiger charge is 2.38. The molecule has 0 bridgehead atoms. The minimum atomic E-state index is -0.455. The number of allylic oxidation sites excluding steroid dienone is 1. The van der Waals surface area contributed by atoms with E-state index in [-0.39, 0.29) is 17.6 Å². The first kappa shape index (κ1) is 20.5. The number of aryl methyl sites for hydroxylation is 1. The Labute approximate surface area is 187 Å². The highest BCUT2D eigenvalue weighted by molar-refractivity contribution is 6.01. The molecular weight excluding hydrogens is 404 g/mol. The van der Waals surface area contributed by atoms with Gasteiger partial charge in [-0.1, -0.05) is 30.8 Å². The number of piperidine rings is 1. The third-order valence-electron chi connectivity index (χ3n) is 6.55. The van der Waals surface area contributed by atoms with Crippen molar-refractivity contribution in [2.75, 3.05) is 6.61 Å². The second-order valence-corrected chi connectivity index (χ2v) is 8.83. The minimum absolute atomic E-state index is 0.101. The SMILES string of the molecule is C=C1CCC(N2Cc3cc(CCC(=O)Cc4ccc5c(c4)CCO5)ccc3C2=O)C(=O)N1. The molecule has 0 aromatic heterocycles. The van der Waals surface area contributed by atoms with Crippen LogP contribution in [0.3, 0.4) is 0 Å². The lowest BCUT2D eigenvalue weighted by Gasteiger charge is -2.30. The second kappa shape index (κ2) is 8.26. The number of ether oxygens (including phenoxy) is 1. The van der Waals surface area contributed by atoms with Gasteiger partial charge >= 0.3 is 0 Å². The van der Waals surface area contributed by atoms with E-state index in [2.05, 4.69) is 18.0 Å². The van der Waals surface area contributed by atoms with E-state index in [1.165, 1.54) is 5.56 Å². The van der Waals surface area contributed by atoms with Gasteiger partial charge in [0.15, 0.2) is 0 Å². The average Bonchev–Trinajstić information content (AvgIpc) is 3.36. The molecule has 1 saturated heterocycles. The van der Waals surface area contributed by atoms with Crippen LogP contribution in [0.25, 0.3) is 0 Å². The van der Waals surface area contributed by atoms with Gasteiger partial charge in [-0.3, -0.25) is 14.4 Å². The molecule has 0 aliphatic carbocycles. The normalized spacial score (nSPS) is 19.4. The van der Waals surface area contributed by atoms with Crippen LogP contribution in [0.2, 0.25) is 0 Å². The lowest BCUT2D eigenvalue weighted by molar-refractivity contribution is -0.126. The first-order chi connectivity index (χ1) is 15.5.